The number of rotatable bonds is 5. The number of hydrogen-bond acceptors (Lipinski definition) is 5. The van der Waals surface area contributed by atoms with E-state index in [4.69, 9.17) is 39.9 Å². The van der Waals surface area contributed by atoms with Gasteiger partial charge in [0.2, 0.25) is 0 Å². The lowest BCUT2D eigenvalue weighted by atomic mass is 9.91. The zero-order valence-corrected chi connectivity index (χ0v) is 19.7. The van der Waals surface area contributed by atoms with E-state index in [2.05, 4.69) is 12.3 Å². The van der Waals surface area contributed by atoms with Crippen LogP contribution in [0.3, 0.4) is 0 Å². The second-order valence-corrected chi connectivity index (χ2v) is 10.1. The molecule has 4 rings (SSSR count). The number of anilines is 1. The van der Waals surface area contributed by atoms with Gasteiger partial charge in [-0.25, -0.2) is 5.01 Å². The lowest BCUT2D eigenvalue weighted by Gasteiger charge is -2.28. The van der Waals surface area contributed by atoms with Gasteiger partial charge in [-0.15, -0.1) is 11.3 Å². The monoisotopic (exact) mass is 484 g/mol. The summed E-state index contributed by atoms with van der Waals surface area (Å²) in [7, 11) is 0. The van der Waals surface area contributed by atoms with E-state index >= 15 is 0 Å². The Morgan fingerprint density at radius 1 is 1.17 bits per heavy atom. The molecule has 1 saturated heterocycles. The van der Waals surface area contributed by atoms with Gasteiger partial charge in [-0.3, -0.25) is 15.2 Å². The van der Waals surface area contributed by atoms with Crippen LogP contribution < -0.4 is 10.4 Å². The molecule has 2 aliphatic heterocycles. The highest BCUT2D eigenvalue weighted by molar-refractivity contribution is 7.16. The zero-order chi connectivity index (χ0) is 21.3. The van der Waals surface area contributed by atoms with Crippen molar-refractivity contribution >= 4 is 63.4 Å². The minimum atomic E-state index is -0.159. The highest BCUT2D eigenvalue weighted by Crippen LogP contribution is 2.45. The molecule has 0 radical (unpaired) electrons. The molecular formula is C21H23Cl3N4OS. The van der Waals surface area contributed by atoms with Crippen molar-refractivity contribution in [2.24, 2.45) is 11.0 Å². The van der Waals surface area contributed by atoms with Gasteiger partial charge in [0.1, 0.15) is 5.71 Å². The highest BCUT2D eigenvalue weighted by Gasteiger charge is 2.42. The first-order valence-corrected chi connectivity index (χ1v) is 12.1. The first-order valence-electron chi connectivity index (χ1n) is 10.1. The molecule has 2 aromatic rings. The second kappa shape index (κ2) is 9.45. The molecule has 160 valence electrons. The Kier molecular flexibility index (Phi) is 6.90. The van der Waals surface area contributed by atoms with Gasteiger partial charge in [0.05, 0.1) is 21.1 Å². The summed E-state index contributed by atoms with van der Waals surface area (Å²) >= 11 is 20.4. The number of carbonyl (C=O) groups is 1. The van der Waals surface area contributed by atoms with Gasteiger partial charge >= 0.3 is 0 Å². The van der Waals surface area contributed by atoms with Crippen LogP contribution in [0.25, 0.3) is 0 Å². The van der Waals surface area contributed by atoms with E-state index in [1.165, 1.54) is 17.8 Å². The third-order valence-corrected chi connectivity index (χ3v) is 7.38. The SMILES string of the molecule is CC[C@@H]1C(C(=O)NN2CCCCC2)=NN(c2ccc(Cl)cc2Cl)[C@H]1c1ccc(Cl)s1. The molecule has 3 heterocycles. The minimum absolute atomic E-state index is 0.0868. The van der Waals surface area contributed by atoms with Crippen molar-refractivity contribution < 1.29 is 4.79 Å². The molecule has 9 heteroatoms. The van der Waals surface area contributed by atoms with Crippen LogP contribution in [-0.2, 0) is 4.79 Å². The third-order valence-electron chi connectivity index (χ3n) is 5.54. The largest absolute Gasteiger partial charge is 0.284 e. The number of thiophene rings is 1. The Morgan fingerprint density at radius 3 is 2.57 bits per heavy atom. The Labute approximate surface area is 195 Å². The maximum atomic E-state index is 13.2. The van der Waals surface area contributed by atoms with Crippen molar-refractivity contribution in [3.05, 3.63) is 49.6 Å². The molecule has 0 unspecified atom stereocenters. The van der Waals surface area contributed by atoms with Crippen molar-refractivity contribution in [1.82, 2.24) is 10.4 Å². The number of nitrogens with one attached hydrogen (secondary N) is 1. The van der Waals surface area contributed by atoms with Crippen molar-refractivity contribution in [3.8, 4) is 0 Å². The summed E-state index contributed by atoms with van der Waals surface area (Å²) in [5, 5.41) is 9.67. The Morgan fingerprint density at radius 2 is 1.93 bits per heavy atom. The third kappa shape index (κ3) is 4.48. The highest BCUT2D eigenvalue weighted by atomic mass is 35.5. The average molecular weight is 486 g/mol. The minimum Gasteiger partial charge on any atom is -0.284 e. The molecule has 0 saturated carbocycles. The van der Waals surface area contributed by atoms with Gasteiger partial charge in [-0.1, -0.05) is 48.1 Å². The maximum absolute atomic E-state index is 13.2. The first-order chi connectivity index (χ1) is 14.5. The number of hydrazone groups is 1. The van der Waals surface area contributed by atoms with Crippen molar-refractivity contribution in [2.75, 3.05) is 18.1 Å². The molecule has 2 aliphatic rings. The van der Waals surface area contributed by atoms with E-state index in [1.54, 1.807) is 12.1 Å². The van der Waals surface area contributed by atoms with Gasteiger partial charge in [-0.05, 0) is 49.6 Å². The fourth-order valence-electron chi connectivity index (χ4n) is 4.09. The van der Waals surface area contributed by atoms with Crippen LogP contribution in [0.2, 0.25) is 14.4 Å². The fraction of sp³-hybridized carbons (Fsp3) is 0.429. The summed E-state index contributed by atoms with van der Waals surface area (Å²) in [6.07, 6.45) is 4.14. The van der Waals surface area contributed by atoms with Crippen LogP contribution in [0.4, 0.5) is 5.69 Å². The van der Waals surface area contributed by atoms with Gasteiger partial charge in [0.25, 0.3) is 5.91 Å². The van der Waals surface area contributed by atoms with Crippen LogP contribution in [0, 0.1) is 5.92 Å². The molecule has 1 aromatic carbocycles. The summed E-state index contributed by atoms with van der Waals surface area (Å²) in [5.74, 6) is -0.236. The number of piperidine rings is 1. The van der Waals surface area contributed by atoms with Crippen LogP contribution in [0.5, 0.6) is 0 Å². The van der Waals surface area contributed by atoms with Gasteiger partial charge < -0.3 is 0 Å². The number of nitrogens with zero attached hydrogens (tertiary/aromatic N) is 3. The predicted molar refractivity (Wildman–Crippen MR) is 126 cm³/mol. The fourth-order valence-corrected chi connectivity index (χ4v) is 5.79. The molecule has 5 nitrogen and oxygen atoms in total. The number of hydrogen-bond donors (Lipinski definition) is 1. The molecule has 0 spiro atoms. The van der Waals surface area contributed by atoms with Crippen molar-refractivity contribution in [3.63, 3.8) is 0 Å². The molecule has 0 aliphatic carbocycles. The molecule has 1 amide bonds. The normalized spacial score (nSPS) is 22.3. The molecule has 30 heavy (non-hydrogen) atoms. The van der Waals surface area contributed by atoms with E-state index in [0.29, 0.717) is 20.1 Å². The second-order valence-electron chi connectivity index (χ2n) is 7.52. The molecule has 0 bridgehead atoms. The van der Waals surface area contributed by atoms with E-state index in [-0.39, 0.29) is 17.9 Å². The summed E-state index contributed by atoms with van der Waals surface area (Å²) in [6, 6.07) is 9.03. The predicted octanol–water partition coefficient (Wildman–Crippen LogP) is 6.17. The topological polar surface area (TPSA) is 47.9 Å². The van der Waals surface area contributed by atoms with Gasteiger partial charge in [-0.2, -0.15) is 5.10 Å². The van der Waals surface area contributed by atoms with Crippen LogP contribution in [0.15, 0.2) is 35.4 Å². The molecular weight excluding hydrogens is 463 g/mol. The number of carbonyl (C=O) groups excluding carboxylic acids is 1. The molecule has 1 N–H and O–H groups in total. The average Bonchev–Trinajstić information content (AvgIpc) is 3.32. The first kappa shape index (κ1) is 21.9. The smallest absolute Gasteiger partial charge is 0.282 e. The number of benzene rings is 1. The lowest BCUT2D eigenvalue weighted by Crippen LogP contribution is -2.48. The summed E-state index contributed by atoms with van der Waals surface area (Å²) in [5.41, 5.74) is 4.29. The quantitative estimate of drug-likeness (QED) is 0.551. The van der Waals surface area contributed by atoms with Gasteiger partial charge in [0.15, 0.2) is 0 Å². The van der Waals surface area contributed by atoms with Crippen LogP contribution in [0.1, 0.15) is 43.5 Å². The lowest BCUT2D eigenvalue weighted by molar-refractivity contribution is -0.120. The summed E-state index contributed by atoms with van der Waals surface area (Å²) < 4.78 is 0.702. The number of halogens is 3. The summed E-state index contributed by atoms with van der Waals surface area (Å²) in [4.78, 5) is 14.2. The zero-order valence-electron chi connectivity index (χ0n) is 16.6. The van der Waals surface area contributed by atoms with E-state index < -0.39 is 0 Å². The molecule has 2 atom stereocenters. The van der Waals surface area contributed by atoms with Crippen LogP contribution in [-0.4, -0.2) is 29.7 Å². The molecule has 1 aromatic heterocycles. The Balaban J connectivity index is 1.70. The Hall–Kier alpha value is -1.31. The van der Waals surface area contributed by atoms with Crippen LogP contribution >= 0.6 is 46.1 Å². The number of amides is 1. The Bertz CT molecular complexity index is 957. The summed E-state index contributed by atoms with van der Waals surface area (Å²) in [6.45, 7) is 3.81. The van der Waals surface area contributed by atoms with E-state index in [0.717, 1.165) is 42.9 Å². The van der Waals surface area contributed by atoms with Crippen molar-refractivity contribution in [2.45, 2.75) is 38.6 Å². The number of hydrazine groups is 1. The van der Waals surface area contributed by atoms with Gasteiger partial charge in [0, 0.05) is 28.9 Å². The molecule has 1 fully saturated rings. The van der Waals surface area contributed by atoms with Crippen molar-refractivity contribution in [1.29, 1.82) is 0 Å². The van der Waals surface area contributed by atoms with E-state index in [1.807, 2.05) is 28.2 Å². The standard InChI is InChI=1S/C21H23Cl3N4OS/c1-2-14-19(21(29)26-27-10-4-3-5-11-27)25-28(16-7-6-13(22)12-15(16)23)20(14)17-8-9-18(24)30-17/h6-9,12,14,20H,2-5,10-11H2,1H3,(H,26,29)/t14-,20-/m1/s1. The maximum Gasteiger partial charge on any atom is 0.282 e. The van der Waals surface area contributed by atoms with E-state index in [9.17, 15) is 4.79 Å².